The fourth-order valence-electron chi connectivity index (χ4n) is 3.12. The fraction of sp³-hybridized carbons (Fsp3) is 0.261. The highest BCUT2D eigenvalue weighted by Crippen LogP contribution is 2.19. The number of aromatic nitrogens is 2. The molecular weight excluding hydrogens is 381 g/mol. The number of nitriles is 1. The molecule has 3 rings (SSSR count). The van der Waals surface area contributed by atoms with E-state index in [1.165, 1.54) is 12.1 Å². The Morgan fingerprint density at radius 1 is 1.27 bits per heavy atom. The summed E-state index contributed by atoms with van der Waals surface area (Å²) in [5.41, 5.74) is 3.90. The lowest BCUT2D eigenvalue weighted by molar-refractivity contribution is 0.205. The van der Waals surface area contributed by atoms with Crippen molar-refractivity contribution in [3.63, 3.8) is 0 Å². The Morgan fingerprint density at radius 3 is 2.73 bits per heavy atom. The highest BCUT2D eigenvalue weighted by Gasteiger charge is 2.13. The summed E-state index contributed by atoms with van der Waals surface area (Å²) in [6, 6.07) is 17.2. The average Bonchev–Trinajstić information content (AvgIpc) is 3.22. The summed E-state index contributed by atoms with van der Waals surface area (Å²) in [4.78, 5) is 14.1. The zero-order chi connectivity index (χ0) is 21.5. The van der Waals surface area contributed by atoms with Crippen LogP contribution in [0.2, 0.25) is 0 Å². The van der Waals surface area contributed by atoms with Gasteiger partial charge in [0, 0.05) is 24.8 Å². The first-order valence-corrected chi connectivity index (χ1v) is 9.78. The van der Waals surface area contributed by atoms with E-state index in [1.54, 1.807) is 30.1 Å². The summed E-state index contributed by atoms with van der Waals surface area (Å²) < 4.78 is 13.4. The van der Waals surface area contributed by atoms with Crippen LogP contribution >= 0.6 is 0 Å². The molecule has 1 atom stereocenters. The lowest BCUT2D eigenvalue weighted by Gasteiger charge is -2.21. The Labute approximate surface area is 175 Å². The number of amides is 2. The van der Waals surface area contributed by atoms with Gasteiger partial charge in [-0.1, -0.05) is 24.3 Å². The number of H-pyrrole nitrogens is 1. The molecular formula is C23H24FN5O. The SMILES string of the molecule is CC(NC(=O)N(C)CCCc1cc(-c2cccc(F)c2)n[nH]1)c1ccc(C#N)cc1. The van der Waals surface area contributed by atoms with Crippen LogP contribution in [0.15, 0.2) is 54.6 Å². The van der Waals surface area contributed by atoms with Crippen LogP contribution < -0.4 is 5.32 Å². The molecule has 0 aliphatic rings. The molecule has 2 aromatic carbocycles. The maximum Gasteiger partial charge on any atom is 0.317 e. The maximum atomic E-state index is 13.4. The van der Waals surface area contributed by atoms with Crippen LogP contribution in [0.5, 0.6) is 0 Å². The highest BCUT2D eigenvalue weighted by atomic mass is 19.1. The second-order valence-corrected chi connectivity index (χ2v) is 7.22. The van der Waals surface area contributed by atoms with Gasteiger partial charge in [-0.3, -0.25) is 5.10 Å². The van der Waals surface area contributed by atoms with E-state index in [-0.39, 0.29) is 17.9 Å². The monoisotopic (exact) mass is 405 g/mol. The number of nitrogens with one attached hydrogen (secondary N) is 2. The third-order valence-electron chi connectivity index (χ3n) is 4.92. The van der Waals surface area contributed by atoms with Crippen molar-refractivity contribution in [2.24, 2.45) is 0 Å². The molecule has 1 unspecified atom stereocenters. The number of rotatable bonds is 7. The summed E-state index contributed by atoms with van der Waals surface area (Å²) in [5, 5.41) is 19.1. The van der Waals surface area contributed by atoms with Crippen LogP contribution in [-0.2, 0) is 6.42 Å². The van der Waals surface area contributed by atoms with Crippen molar-refractivity contribution in [3.8, 4) is 17.3 Å². The normalized spacial score (nSPS) is 11.5. The Bertz CT molecular complexity index is 1040. The van der Waals surface area contributed by atoms with Gasteiger partial charge in [0.15, 0.2) is 0 Å². The smallest absolute Gasteiger partial charge is 0.317 e. The number of urea groups is 1. The number of nitrogens with zero attached hydrogens (tertiary/aromatic N) is 3. The van der Waals surface area contributed by atoms with Gasteiger partial charge in [-0.05, 0) is 55.7 Å². The number of aromatic amines is 1. The first-order valence-electron chi connectivity index (χ1n) is 9.78. The molecule has 7 heteroatoms. The predicted octanol–water partition coefficient (Wildman–Crippen LogP) is 4.42. The van der Waals surface area contributed by atoms with E-state index in [0.717, 1.165) is 29.7 Å². The minimum atomic E-state index is -0.292. The molecule has 2 N–H and O–H groups in total. The standard InChI is InChI=1S/C23H24FN5O/c1-16(18-10-8-17(15-25)9-11-18)26-23(30)29(2)12-4-7-21-14-22(28-27-21)19-5-3-6-20(24)13-19/h3,5-6,8-11,13-14,16H,4,7,12H2,1-2H3,(H,26,30)(H,27,28). The number of aryl methyl sites for hydroxylation is 1. The Morgan fingerprint density at radius 2 is 2.03 bits per heavy atom. The minimum Gasteiger partial charge on any atom is -0.331 e. The number of carbonyl (C=O) groups is 1. The summed E-state index contributed by atoms with van der Waals surface area (Å²) in [6.07, 6.45) is 1.49. The van der Waals surface area contributed by atoms with E-state index in [2.05, 4.69) is 21.6 Å². The van der Waals surface area contributed by atoms with Gasteiger partial charge in [-0.25, -0.2) is 9.18 Å². The van der Waals surface area contributed by atoms with Crippen molar-refractivity contribution in [1.82, 2.24) is 20.4 Å². The average molecular weight is 405 g/mol. The van der Waals surface area contributed by atoms with Gasteiger partial charge in [0.2, 0.25) is 0 Å². The third kappa shape index (κ3) is 5.45. The molecule has 0 saturated carbocycles. The Hall–Kier alpha value is -3.66. The van der Waals surface area contributed by atoms with E-state index < -0.39 is 0 Å². The molecule has 3 aromatic rings. The van der Waals surface area contributed by atoms with Crippen molar-refractivity contribution < 1.29 is 9.18 Å². The van der Waals surface area contributed by atoms with Crippen LogP contribution in [0.25, 0.3) is 11.3 Å². The fourth-order valence-corrected chi connectivity index (χ4v) is 3.12. The van der Waals surface area contributed by atoms with Crippen molar-refractivity contribution in [1.29, 1.82) is 5.26 Å². The zero-order valence-electron chi connectivity index (χ0n) is 17.0. The van der Waals surface area contributed by atoms with Crippen LogP contribution in [0.3, 0.4) is 0 Å². The van der Waals surface area contributed by atoms with Gasteiger partial charge < -0.3 is 10.2 Å². The van der Waals surface area contributed by atoms with E-state index in [4.69, 9.17) is 5.26 Å². The second-order valence-electron chi connectivity index (χ2n) is 7.22. The van der Waals surface area contributed by atoms with Gasteiger partial charge in [-0.2, -0.15) is 10.4 Å². The molecule has 0 saturated heterocycles. The molecule has 2 amide bonds. The molecule has 0 spiro atoms. The number of hydrogen-bond donors (Lipinski definition) is 2. The van der Waals surface area contributed by atoms with Crippen LogP contribution in [0.4, 0.5) is 9.18 Å². The summed E-state index contributed by atoms with van der Waals surface area (Å²) in [6.45, 7) is 2.49. The van der Waals surface area contributed by atoms with Crippen LogP contribution in [0, 0.1) is 17.1 Å². The van der Waals surface area contributed by atoms with E-state index in [0.29, 0.717) is 17.8 Å². The molecule has 0 fully saturated rings. The topological polar surface area (TPSA) is 84.8 Å². The lowest BCUT2D eigenvalue weighted by Crippen LogP contribution is -2.39. The van der Waals surface area contributed by atoms with Crippen LogP contribution in [0.1, 0.15) is 36.2 Å². The van der Waals surface area contributed by atoms with Crippen LogP contribution in [-0.4, -0.2) is 34.7 Å². The molecule has 1 aromatic heterocycles. The summed E-state index contributed by atoms with van der Waals surface area (Å²) >= 11 is 0. The number of halogens is 1. The van der Waals surface area contributed by atoms with Crippen molar-refractivity contribution >= 4 is 6.03 Å². The first-order chi connectivity index (χ1) is 14.5. The molecule has 0 aliphatic heterocycles. The first kappa shape index (κ1) is 21.1. The Kier molecular flexibility index (Phi) is 6.81. The Balaban J connectivity index is 1.46. The lowest BCUT2D eigenvalue weighted by atomic mass is 10.1. The quantitative estimate of drug-likeness (QED) is 0.610. The van der Waals surface area contributed by atoms with Gasteiger partial charge >= 0.3 is 6.03 Å². The number of hydrogen-bond acceptors (Lipinski definition) is 3. The zero-order valence-corrected chi connectivity index (χ0v) is 17.0. The molecule has 0 radical (unpaired) electrons. The summed E-state index contributed by atoms with van der Waals surface area (Å²) in [7, 11) is 1.76. The number of benzene rings is 2. The van der Waals surface area contributed by atoms with E-state index in [1.807, 2.05) is 31.2 Å². The minimum absolute atomic E-state index is 0.156. The van der Waals surface area contributed by atoms with E-state index >= 15 is 0 Å². The molecule has 0 aliphatic carbocycles. The molecule has 154 valence electrons. The molecule has 0 bridgehead atoms. The van der Waals surface area contributed by atoms with Gasteiger partial charge in [0.05, 0.1) is 23.4 Å². The largest absolute Gasteiger partial charge is 0.331 e. The third-order valence-corrected chi connectivity index (χ3v) is 4.92. The van der Waals surface area contributed by atoms with E-state index in [9.17, 15) is 9.18 Å². The van der Waals surface area contributed by atoms with Crippen molar-refractivity contribution in [2.45, 2.75) is 25.8 Å². The van der Waals surface area contributed by atoms with Gasteiger partial charge in [-0.15, -0.1) is 0 Å². The number of carbonyl (C=O) groups excluding carboxylic acids is 1. The van der Waals surface area contributed by atoms with Gasteiger partial charge in [0.25, 0.3) is 0 Å². The maximum absolute atomic E-state index is 13.4. The molecule has 6 nitrogen and oxygen atoms in total. The highest BCUT2D eigenvalue weighted by molar-refractivity contribution is 5.74. The second kappa shape index (κ2) is 9.70. The van der Waals surface area contributed by atoms with Gasteiger partial charge in [0.1, 0.15) is 5.82 Å². The van der Waals surface area contributed by atoms with Crippen molar-refractivity contribution in [3.05, 3.63) is 77.2 Å². The molecule has 30 heavy (non-hydrogen) atoms. The molecule has 1 heterocycles. The summed E-state index contributed by atoms with van der Waals surface area (Å²) in [5.74, 6) is -0.292. The predicted molar refractivity (Wildman–Crippen MR) is 113 cm³/mol. The van der Waals surface area contributed by atoms with Crippen molar-refractivity contribution in [2.75, 3.05) is 13.6 Å².